The lowest BCUT2D eigenvalue weighted by Crippen LogP contribution is -2.56. The van der Waals surface area contributed by atoms with Gasteiger partial charge in [-0.1, -0.05) is 13.8 Å². The molecule has 0 amide bonds. The van der Waals surface area contributed by atoms with Crippen molar-refractivity contribution in [3.05, 3.63) is 0 Å². The Kier molecular flexibility index (Phi) is 3.50. The molecule has 1 aliphatic rings. The van der Waals surface area contributed by atoms with Gasteiger partial charge < -0.3 is 10.0 Å². The Morgan fingerprint density at radius 3 is 2.36 bits per heavy atom. The molecule has 1 fully saturated rings. The number of carboxylic acids is 1. The average Bonchev–Trinajstić information content (AvgIpc) is 2.51. The summed E-state index contributed by atoms with van der Waals surface area (Å²) in [6.45, 7) is 7.17. The number of aliphatic carboxylic acids is 1. The van der Waals surface area contributed by atoms with Gasteiger partial charge in [0.15, 0.2) is 0 Å². The summed E-state index contributed by atoms with van der Waals surface area (Å²) in [7, 11) is 1.98. The summed E-state index contributed by atoms with van der Waals surface area (Å²) in [6, 6.07) is 0. The summed E-state index contributed by atoms with van der Waals surface area (Å²) in [5.41, 5.74) is -0.641. The Morgan fingerprint density at radius 1 is 1.50 bits per heavy atom. The molecule has 1 rings (SSSR count). The molecule has 0 bridgehead atoms. The van der Waals surface area contributed by atoms with Crippen LogP contribution in [-0.2, 0) is 4.79 Å². The van der Waals surface area contributed by atoms with Gasteiger partial charge in [-0.25, -0.2) is 0 Å². The van der Waals surface area contributed by atoms with E-state index < -0.39 is 11.5 Å². The highest BCUT2D eigenvalue weighted by Crippen LogP contribution is 2.27. The molecule has 0 aliphatic carbocycles. The molecule has 0 saturated carbocycles. The molecule has 0 aromatic rings. The van der Waals surface area contributed by atoms with Crippen LogP contribution in [0.3, 0.4) is 0 Å². The summed E-state index contributed by atoms with van der Waals surface area (Å²) < 4.78 is 0. The first-order valence-electron chi connectivity index (χ1n) is 5.23. The summed E-state index contributed by atoms with van der Waals surface area (Å²) >= 11 is 0. The molecule has 1 heterocycles. The van der Waals surface area contributed by atoms with Gasteiger partial charge in [-0.3, -0.25) is 9.69 Å². The van der Waals surface area contributed by atoms with E-state index in [9.17, 15) is 9.90 Å². The lowest BCUT2D eigenvalue weighted by atomic mass is 9.96. The van der Waals surface area contributed by atoms with Gasteiger partial charge in [-0.05, 0) is 26.6 Å². The third kappa shape index (κ3) is 1.77. The first kappa shape index (κ1) is 11.5. The van der Waals surface area contributed by atoms with E-state index in [2.05, 4.69) is 9.80 Å². The third-order valence-corrected chi connectivity index (χ3v) is 3.21. The molecule has 0 spiro atoms. The normalized spacial score (nSPS) is 28.6. The van der Waals surface area contributed by atoms with Gasteiger partial charge in [0.25, 0.3) is 0 Å². The SMILES string of the molecule is CCN(CC)C1(C(=O)O)CCN(C)C1. The van der Waals surface area contributed by atoms with Gasteiger partial charge in [-0.15, -0.1) is 0 Å². The molecule has 14 heavy (non-hydrogen) atoms. The van der Waals surface area contributed by atoms with Gasteiger partial charge in [0.2, 0.25) is 0 Å². The molecule has 0 radical (unpaired) electrons. The quantitative estimate of drug-likeness (QED) is 0.717. The second-order valence-electron chi connectivity index (χ2n) is 4.00. The predicted molar refractivity (Wildman–Crippen MR) is 55.4 cm³/mol. The molecule has 4 nitrogen and oxygen atoms in total. The lowest BCUT2D eigenvalue weighted by molar-refractivity contribution is -0.150. The van der Waals surface area contributed by atoms with Crippen LogP contribution in [0.4, 0.5) is 0 Å². The van der Waals surface area contributed by atoms with Gasteiger partial charge in [0.05, 0.1) is 0 Å². The Balaban J connectivity index is 2.87. The zero-order valence-electron chi connectivity index (χ0n) is 9.29. The van der Waals surface area contributed by atoms with Crippen LogP contribution in [0.1, 0.15) is 20.3 Å². The monoisotopic (exact) mass is 200 g/mol. The summed E-state index contributed by atoms with van der Waals surface area (Å²) in [4.78, 5) is 15.5. The number of carbonyl (C=O) groups is 1. The van der Waals surface area contributed by atoms with Gasteiger partial charge in [0, 0.05) is 13.1 Å². The molecule has 0 aromatic carbocycles. The van der Waals surface area contributed by atoms with Crippen LogP contribution in [0, 0.1) is 0 Å². The van der Waals surface area contributed by atoms with Crippen LogP contribution in [0.5, 0.6) is 0 Å². The molecule has 1 atom stereocenters. The van der Waals surface area contributed by atoms with E-state index >= 15 is 0 Å². The van der Waals surface area contributed by atoms with Crippen molar-refractivity contribution in [2.45, 2.75) is 25.8 Å². The second kappa shape index (κ2) is 4.28. The minimum atomic E-state index is -0.675. The summed E-state index contributed by atoms with van der Waals surface area (Å²) in [6.07, 6.45) is 0.737. The Bertz CT molecular complexity index is 216. The van der Waals surface area contributed by atoms with Crippen molar-refractivity contribution in [3.8, 4) is 0 Å². The topological polar surface area (TPSA) is 43.8 Å². The summed E-state index contributed by atoms with van der Waals surface area (Å²) in [5, 5.41) is 9.35. The third-order valence-electron chi connectivity index (χ3n) is 3.21. The standard InChI is InChI=1S/C10H20N2O2/c1-4-12(5-2)10(9(13)14)6-7-11(3)8-10/h4-8H2,1-3H3,(H,13,14). The fraction of sp³-hybridized carbons (Fsp3) is 0.900. The molecular weight excluding hydrogens is 180 g/mol. The zero-order valence-corrected chi connectivity index (χ0v) is 9.29. The minimum Gasteiger partial charge on any atom is -0.480 e. The van der Waals surface area contributed by atoms with Crippen molar-refractivity contribution < 1.29 is 9.90 Å². The first-order chi connectivity index (χ1) is 6.56. The van der Waals surface area contributed by atoms with E-state index in [0.29, 0.717) is 6.54 Å². The maximum Gasteiger partial charge on any atom is 0.325 e. The number of hydrogen-bond acceptors (Lipinski definition) is 3. The van der Waals surface area contributed by atoms with Crippen LogP contribution in [0.2, 0.25) is 0 Å². The lowest BCUT2D eigenvalue weighted by Gasteiger charge is -2.36. The van der Waals surface area contributed by atoms with E-state index in [-0.39, 0.29) is 0 Å². The molecule has 1 unspecified atom stereocenters. The number of likely N-dealkylation sites (N-methyl/N-ethyl adjacent to an activating group) is 2. The fourth-order valence-electron chi connectivity index (χ4n) is 2.38. The Hall–Kier alpha value is -0.610. The van der Waals surface area contributed by atoms with Gasteiger partial charge >= 0.3 is 5.97 Å². The smallest absolute Gasteiger partial charge is 0.325 e. The molecule has 1 N–H and O–H groups in total. The van der Waals surface area contributed by atoms with Crippen LogP contribution in [0.15, 0.2) is 0 Å². The molecule has 1 saturated heterocycles. The van der Waals surface area contributed by atoms with E-state index in [1.807, 2.05) is 20.9 Å². The van der Waals surface area contributed by atoms with E-state index in [1.54, 1.807) is 0 Å². The second-order valence-corrected chi connectivity index (χ2v) is 4.00. The maximum absolute atomic E-state index is 11.4. The zero-order chi connectivity index (χ0) is 10.8. The van der Waals surface area contributed by atoms with Crippen LogP contribution in [0.25, 0.3) is 0 Å². The molecular formula is C10H20N2O2. The predicted octanol–water partition coefficient (Wildman–Crippen LogP) is 0.487. The van der Waals surface area contributed by atoms with Crippen LogP contribution < -0.4 is 0 Å². The number of rotatable bonds is 4. The van der Waals surface area contributed by atoms with E-state index in [1.165, 1.54) is 0 Å². The number of nitrogens with zero attached hydrogens (tertiary/aromatic N) is 2. The minimum absolute atomic E-state index is 0.641. The Morgan fingerprint density at radius 2 is 2.07 bits per heavy atom. The molecule has 82 valence electrons. The van der Waals surface area contributed by atoms with Crippen LogP contribution >= 0.6 is 0 Å². The van der Waals surface area contributed by atoms with Crippen molar-refractivity contribution in [3.63, 3.8) is 0 Å². The van der Waals surface area contributed by atoms with Crippen LogP contribution in [-0.4, -0.2) is 59.6 Å². The highest BCUT2D eigenvalue weighted by atomic mass is 16.4. The van der Waals surface area contributed by atoms with Crippen molar-refractivity contribution in [2.75, 3.05) is 33.2 Å². The first-order valence-corrected chi connectivity index (χ1v) is 5.23. The van der Waals surface area contributed by atoms with Crippen molar-refractivity contribution in [1.29, 1.82) is 0 Å². The number of hydrogen-bond donors (Lipinski definition) is 1. The molecule has 0 aromatic heterocycles. The Labute approximate surface area is 85.5 Å². The van der Waals surface area contributed by atoms with Crippen molar-refractivity contribution in [2.24, 2.45) is 0 Å². The largest absolute Gasteiger partial charge is 0.480 e. The number of likely N-dealkylation sites (tertiary alicyclic amines) is 1. The van der Waals surface area contributed by atoms with Crippen molar-refractivity contribution in [1.82, 2.24) is 9.80 Å². The van der Waals surface area contributed by atoms with E-state index in [0.717, 1.165) is 26.1 Å². The molecule has 1 aliphatic heterocycles. The fourth-order valence-corrected chi connectivity index (χ4v) is 2.38. The average molecular weight is 200 g/mol. The summed E-state index contributed by atoms with van der Waals surface area (Å²) in [5.74, 6) is -0.675. The molecule has 4 heteroatoms. The highest BCUT2D eigenvalue weighted by Gasteiger charge is 2.47. The van der Waals surface area contributed by atoms with Gasteiger partial charge in [-0.2, -0.15) is 0 Å². The van der Waals surface area contributed by atoms with E-state index in [4.69, 9.17) is 0 Å². The maximum atomic E-state index is 11.4. The van der Waals surface area contributed by atoms with Gasteiger partial charge in [0.1, 0.15) is 5.54 Å². The van der Waals surface area contributed by atoms with Crippen molar-refractivity contribution >= 4 is 5.97 Å². The number of carboxylic acid groups (broad SMARTS) is 1. The highest BCUT2D eigenvalue weighted by molar-refractivity contribution is 5.79.